The third-order valence-electron chi connectivity index (χ3n) is 5.48. The van der Waals surface area contributed by atoms with Crippen LogP contribution in [0.1, 0.15) is 21.5 Å². The molecule has 36 heavy (non-hydrogen) atoms. The molecule has 0 unspecified atom stereocenters. The van der Waals surface area contributed by atoms with Gasteiger partial charge in [0.2, 0.25) is 0 Å². The number of aryl methyl sites for hydroxylation is 1. The van der Waals surface area contributed by atoms with E-state index < -0.39 is 11.9 Å². The number of carbonyl (C=O) groups is 2. The van der Waals surface area contributed by atoms with Gasteiger partial charge in [-0.05, 0) is 66.9 Å². The van der Waals surface area contributed by atoms with Crippen LogP contribution in [0, 0.1) is 13.8 Å². The van der Waals surface area contributed by atoms with Crippen molar-refractivity contribution in [1.29, 1.82) is 0 Å². The Balaban J connectivity index is 1.58. The van der Waals surface area contributed by atoms with Crippen molar-refractivity contribution in [3.05, 3.63) is 111 Å². The number of ether oxygens (including phenoxy) is 1. The SMILES string of the molecule is Cc1cc(NC(=O)NC(=O)c2ccccc2Cl)c(C)c(Cl)c1Oc1ccc(Cl)cc1-c1ccccc1. The van der Waals surface area contributed by atoms with E-state index >= 15 is 0 Å². The molecule has 0 saturated carbocycles. The standard InChI is InChI=1S/C28H21Cl3N2O3/c1-16-14-23(32-28(35)33-27(34)20-10-6-7-11-22(20)30)17(2)25(31)26(16)36-24-13-12-19(29)15-21(24)18-8-4-3-5-9-18/h3-15H,1-2H3,(H2,32,33,34,35). The Hall–Kier alpha value is -3.51. The van der Waals surface area contributed by atoms with Crippen LogP contribution in [0.5, 0.6) is 11.5 Å². The van der Waals surface area contributed by atoms with E-state index in [-0.39, 0.29) is 10.6 Å². The predicted molar refractivity (Wildman–Crippen MR) is 146 cm³/mol. The van der Waals surface area contributed by atoms with E-state index in [1.54, 1.807) is 43.3 Å². The molecule has 0 atom stereocenters. The summed E-state index contributed by atoms with van der Waals surface area (Å²) in [6.45, 7) is 3.57. The molecule has 0 aliphatic carbocycles. The molecule has 0 bridgehead atoms. The van der Waals surface area contributed by atoms with Crippen LogP contribution < -0.4 is 15.4 Å². The van der Waals surface area contributed by atoms with E-state index in [9.17, 15) is 9.59 Å². The molecule has 0 saturated heterocycles. The monoisotopic (exact) mass is 538 g/mol. The van der Waals surface area contributed by atoms with E-state index in [1.165, 1.54) is 6.07 Å². The first-order valence-corrected chi connectivity index (χ1v) is 12.1. The second kappa shape index (κ2) is 11.0. The van der Waals surface area contributed by atoms with Gasteiger partial charge in [0.25, 0.3) is 5.91 Å². The topological polar surface area (TPSA) is 67.4 Å². The molecule has 2 N–H and O–H groups in total. The predicted octanol–water partition coefficient (Wildman–Crippen LogP) is 8.68. The number of nitrogens with one attached hydrogen (secondary N) is 2. The second-order valence-corrected chi connectivity index (χ2v) is 9.23. The van der Waals surface area contributed by atoms with Crippen LogP contribution in [0.3, 0.4) is 0 Å². The van der Waals surface area contributed by atoms with Crippen LogP contribution in [-0.2, 0) is 0 Å². The summed E-state index contributed by atoms with van der Waals surface area (Å²) >= 11 is 19.0. The maximum atomic E-state index is 12.5. The van der Waals surface area contributed by atoms with Crippen molar-refractivity contribution in [2.24, 2.45) is 0 Å². The molecule has 4 aromatic carbocycles. The van der Waals surface area contributed by atoms with Crippen LogP contribution in [0.2, 0.25) is 15.1 Å². The summed E-state index contributed by atoms with van der Waals surface area (Å²) in [4.78, 5) is 24.9. The van der Waals surface area contributed by atoms with E-state index in [4.69, 9.17) is 39.5 Å². The fourth-order valence-corrected chi connectivity index (χ4v) is 4.30. The van der Waals surface area contributed by atoms with Gasteiger partial charge >= 0.3 is 6.03 Å². The summed E-state index contributed by atoms with van der Waals surface area (Å²) in [5.41, 5.74) is 3.66. The Kier molecular flexibility index (Phi) is 7.85. The van der Waals surface area contributed by atoms with Gasteiger partial charge in [-0.3, -0.25) is 10.1 Å². The van der Waals surface area contributed by atoms with Crippen LogP contribution in [-0.4, -0.2) is 11.9 Å². The minimum atomic E-state index is -0.712. The number of hydrogen-bond acceptors (Lipinski definition) is 3. The summed E-state index contributed by atoms with van der Waals surface area (Å²) in [6.07, 6.45) is 0. The Morgan fingerprint density at radius 2 is 1.53 bits per heavy atom. The quantitative estimate of drug-likeness (QED) is 0.266. The lowest BCUT2D eigenvalue weighted by Gasteiger charge is -2.18. The number of anilines is 1. The molecule has 182 valence electrons. The zero-order valence-electron chi connectivity index (χ0n) is 19.4. The van der Waals surface area contributed by atoms with Gasteiger partial charge in [0, 0.05) is 16.3 Å². The van der Waals surface area contributed by atoms with E-state index in [2.05, 4.69) is 10.6 Å². The largest absolute Gasteiger partial charge is 0.455 e. The molecule has 0 spiro atoms. The number of amides is 3. The second-order valence-electron chi connectivity index (χ2n) is 8.01. The highest BCUT2D eigenvalue weighted by molar-refractivity contribution is 6.34. The first kappa shape index (κ1) is 25.6. The maximum Gasteiger partial charge on any atom is 0.326 e. The molecule has 0 aliphatic rings. The van der Waals surface area contributed by atoms with Crippen molar-refractivity contribution < 1.29 is 14.3 Å². The minimum Gasteiger partial charge on any atom is -0.455 e. The van der Waals surface area contributed by atoms with Crippen molar-refractivity contribution in [2.45, 2.75) is 13.8 Å². The normalized spacial score (nSPS) is 10.6. The Morgan fingerprint density at radius 1 is 0.833 bits per heavy atom. The Labute approximate surface area is 224 Å². The average molecular weight is 540 g/mol. The molecule has 5 nitrogen and oxygen atoms in total. The van der Waals surface area contributed by atoms with Gasteiger partial charge in [0.15, 0.2) is 0 Å². The zero-order valence-corrected chi connectivity index (χ0v) is 21.6. The van der Waals surface area contributed by atoms with Gasteiger partial charge < -0.3 is 10.1 Å². The van der Waals surface area contributed by atoms with E-state index in [0.717, 1.165) is 11.1 Å². The molecule has 0 fully saturated rings. The van der Waals surface area contributed by atoms with Gasteiger partial charge in [0.05, 0.1) is 15.6 Å². The van der Waals surface area contributed by atoms with Gasteiger partial charge in [-0.1, -0.05) is 77.3 Å². The van der Waals surface area contributed by atoms with Gasteiger partial charge in [-0.15, -0.1) is 0 Å². The molecule has 0 heterocycles. The fourth-order valence-electron chi connectivity index (χ4n) is 3.62. The average Bonchev–Trinajstić information content (AvgIpc) is 2.86. The number of urea groups is 1. The summed E-state index contributed by atoms with van der Waals surface area (Å²) in [5, 5.41) is 6.11. The Bertz CT molecular complexity index is 1460. The lowest BCUT2D eigenvalue weighted by Crippen LogP contribution is -2.34. The smallest absolute Gasteiger partial charge is 0.326 e. The first-order chi connectivity index (χ1) is 17.2. The van der Waals surface area contributed by atoms with Crippen molar-refractivity contribution in [3.63, 3.8) is 0 Å². The molecule has 8 heteroatoms. The number of hydrogen-bond donors (Lipinski definition) is 2. The molecule has 4 aromatic rings. The van der Waals surface area contributed by atoms with Crippen molar-refractivity contribution in [1.82, 2.24) is 5.32 Å². The lowest BCUT2D eigenvalue weighted by atomic mass is 10.0. The number of carbonyl (C=O) groups excluding carboxylic acids is 2. The fraction of sp³-hybridized carbons (Fsp3) is 0.0714. The molecule has 4 rings (SSSR count). The molecular formula is C28H21Cl3N2O3. The number of benzene rings is 4. The summed E-state index contributed by atoms with van der Waals surface area (Å²) in [5.74, 6) is 0.417. The highest BCUT2D eigenvalue weighted by atomic mass is 35.5. The summed E-state index contributed by atoms with van der Waals surface area (Å²) in [7, 11) is 0. The number of imide groups is 1. The van der Waals surface area contributed by atoms with Crippen LogP contribution in [0.4, 0.5) is 10.5 Å². The van der Waals surface area contributed by atoms with Crippen LogP contribution >= 0.6 is 34.8 Å². The molecular weight excluding hydrogens is 519 g/mol. The van der Waals surface area contributed by atoms with Crippen molar-refractivity contribution in [3.8, 4) is 22.6 Å². The van der Waals surface area contributed by atoms with Crippen LogP contribution in [0.25, 0.3) is 11.1 Å². The maximum absolute atomic E-state index is 12.5. The number of rotatable bonds is 5. The highest BCUT2D eigenvalue weighted by Gasteiger charge is 2.19. The van der Waals surface area contributed by atoms with E-state index in [0.29, 0.717) is 38.4 Å². The van der Waals surface area contributed by atoms with E-state index in [1.807, 2.05) is 43.3 Å². The Morgan fingerprint density at radius 3 is 2.25 bits per heavy atom. The van der Waals surface area contributed by atoms with Crippen LogP contribution in [0.15, 0.2) is 78.9 Å². The zero-order chi connectivity index (χ0) is 25.8. The third-order valence-corrected chi connectivity index (χ3v) is 6.50. The number of halogens is 3. The first-order valence-electron chi connectivity index (χ1n) is 10.9. The lowest BCUT2D eigenvalue weighted by molar-refractivity contribution is 0.0967. The minimum absolute atomic E-state index is 0.196. The highest BCUT2D eigenvalue weighted by Crippen LogP contribution is 2.42. The van der Waals surface area contributed by atoms with Crippen molar-refractivity contribution in [2.75, 3.05) is 5.32 Å². The molecule has 0 aliphatic heterocycles. The summed E-state index contributed by atoms with van der Waals surface area (Å²) in [6, 6.07) is 22.6. The third kappa shape index (κ3) is 5.65. The van der Waals surface area contributed by atoms with Gasteiger partial charge in [-0.2, -0.15) is 0 Å². The van der Waals surface area contributed by atoms with Gasteiger partial charge in [-0.25, -0.2) is 4.79 Å². The molecule has 0 aromatic heterocycles. The summed E-state index contributed by atoms with van der Waals surface area (Å²) < 4.78 is 6.27. The van der Waals surface area contributed by atoms with Crippen molar-refractivity contribution >= 4 is 52.4 Å². The molecule has 0 radical (unpaired) electrons. The molecule has 3 amide bonds. The van der Waals surface area contributed by atoms with Gasteiger partial charge in [0.1, 0.15) is 11.5 Å².